The van der Waals surface area contributed by atoms with Gasteiger partial charge in [-0.2, -0.15) is 10.5 Å². The summed E-state index contributed by atoms with van der Waals surface area (Å²) in [7, 11) is 3.15. The lowest BCUT2D eigenvalue weighted by Crippen LogP contribution is -2.01. The summed E-state index contributed by atoms with van der Waals surface area (Å²) in [5.74, 6) is 4.35. The summed E-state index contributed by atoms with van der Waals surface area (Å²) in [6.45, 7) is 6.68. The van der Waals surface area contributed by atoms with Gasteiger partial charge in [0, 0.05) is 11.1 Å². The van der Waals surface area contributed by atoms with Crippen LogP contribution in [0.15, 0.2) is 109 Å². The van der Waals surface area contributed by atoms with Crippen LogP contribution in [0.1, 0.15) is 71.9 Å². The third kappa shape index (κ3) is 13.2. The predicted octanol–water partition coefficient (Wildman–Crippen LogP) is 11.7. The van der Waals surface area contributed by atoms with E-state index < -0.39 is 0 Å². The van der Waals surface area contributed by atoms with Gasteiger partial charge in [-0.3, -0.25) is 0 Å². The lowest BCUT2D eigenvalue weighted by molar-refractivity contribution is 0.279. The molecule has 0 aliphatic rings. The topological polar surface area (TPSA) is 103 Å². The monoisotopic (exact) mass is 776 g/mol. The smallest absolute Gasteiger partial charge is 0.126 e. The zero-order valence-electron chi connectivity index (χ0n) is 34.0. The van der Waals surface area contributed by atoms with Crippen LogP contribution in [0.5, 0.6) is 34.5 Å². The number of hydrogen-bond acceptors (Lipinski definition) is 8. The largest absolute Gasteiger partial charge is 0.496 e. The van der Waals surface area contributed by atoms with Crippen LogP contribution >= 0.6 is 0 Å². The summed E-state index contributed by atoms with van der Waals surface area (Å²) in [6.07, 6.45) is 9.28. The van der Waals surface area contributed by atoms with Crippen molar-refractivity contribution < 1.29 is 28.4 Å². The number of nitriles is 2. The zero-order valence-corrected chi connectivity index (χ0v) is 34.0. The van der Waals surface area contributed by atoms with Crippen molar-refractivity contribution in [2.24, 2.45) is 0 Å². The highest BCUT2D eigenvalue weighted by Crippen LogP contribution is 2.35. The summed E-state index contributed by atoms with van der Waals surface area (Å²) in [4.78, 5) is 0. The van der Waals surface area contributed by atoms with Gasteiger partial charge in [-0.05, 0) is 161 Å². The van der Waals surface area contributed by atoms with Gasteiger partial charge in [0.25, 0.3) is 0 Å². The van der Waals surface area contributed by atoms with Crippen molar-refractivity contribution in [2.75, 3.05) is 40.6 Å². The van der Waals surface area contributed by atoms with Crippen LogP contribution in [0.3, 0.4) is 0 Å². The average Bonchev–Trinajstić information content (AvgIpc) is 3.25. The van der Waals surface area contributed by atoms with Gasteiger partial charge >= 0.3 is 0 Å². The molecule has 8 heteroatoms. The molecule has 0 aliphatic heterocycles. The van der Waals surface area contributed by atoms with Gasteiger partial charge < -0.3 is 28.4 Å². The van der Waals surface area contributed by atoms with Crippen molar-refractivity contribution in [3.05, 3.63) is 143 Å². The molecular formula is C50H52N2O6. The molecule has 298 valence electrons. The third-order valence-electron chi connectivity index (χ3n) is 9.45. The summed E-state index contributed by atoms with van der Waals surface area (Å²) < 4.78 is 35.0. The van der Waals surface area contributed by atoms with Crippen LogP contribution in [0.4, 0.5) is 0 Å². The number of ether oxygens (including phenoxy) is 6. The van der Waals surface area contributed by atoms with Gasteiger partial charge in [-0.1, -0.05) is 35.4 Å². The molecule has 5 aromatic rings. The van der Waals surface area contributed by atoms with E-state index in [0.717, 1.165) is 72.6 Å². The minimum atomic E-state index is 0.455. The Labute approximate surface area is 343 Å². The SMILES string of the molecule is COc1cc(/C=C(\C#N)c2ccc(OCCCCCOc3ccc(C)cc3)cc2)c(OC)cc1/C=C(\C#N)c1ccc(OCCCCCOc2ccc(C)cc2)cc1. The summed E-state index contributed by atoms with van der Waals surface area (Å²) in [5, 5.41) is 20.2. The zero-order chi connectivity index (χ0) is 41.0. The maximum absolute atomic E-state index is 10.1. The highest BCUT2D eigenvalue weighted by atomic mass is 16.5. The third-order valence-corrected chi connectivity index (χ3v) is 9.45. The molecule has 0 radical (unpaired) electrons. The highest BCUT2D eigenvalue weighted by molar-refractivity contribution is 5.93. The molecule has 5 rings (SSSR count). The lowest BCUT2D eigenvalue weighted by Gasteiger charge is -2.13. The Morgan fingerprint density at radius 1 is 0.448 bits per heavy atom. The maximum atomic E-state index is 10.1. The minimum Gasteiger partial charge on any atom is -0.496 e. The number of hydrogen-bond donors (Lipinski definition) is 0. The van der Waals surface area contributed by atoms with Crippen LogP contribution in [0, 0.1) is 36.5 Å². The first kappa shape index (κ1) is 42.5. The Morgan fingerprint density at radius 2 is 0.741 bits per heavy atom. The molecular weight excluding hydrogens is 725 g/mol. The molecule has 0 amide bonds. The van der Waals surface area contributed by atoms with Crippen LogP contribution in [-0.2, 0) is 0 Å². The van der Waals surface area contributed by atoms with E-state index in [9.17, 15) is 10.5 Å². The Bertz CT molecular complexity index is 2020. The van der Waals surface area contributed by atoms with Crippen molar-refractivity contribution in [1.29, 1.82) is 10.5 Å². The summed E-state index contributed by atoms with van der Waals surface area (Å²) in [5.41, 5.74) is 6.16. The molecule has 0 N–H and O–H groups in total. The second kappa shape index (κ2) is 22.8. The quantitative estimate of drug-likeness (QED) is 0.0389. The second-order valence-electron chi connectivity index (χ2n) is 13.9. The molecule has 0 fully saturated rings. The average molecular weight is 777 g/mol. The van der Waals surface area contributed by atoms with Crippen molar-refractivity contribution in [3.63, 3.8) is 0 Å². The molecule has 0 aliphatic carbocycles. The lowest BCUT2D eigenvalue weighted by atomic mass is 9.99. The first-order chi connectivity index (χ1) is 28.4. The Balaban J connectivity index is 1.13. The van der Waals surface area contributed by atoms with E-state index in [0.29, 0.717) is 60.2 Å². The second-order valence-corrected chi connectivity index (χ2v) is 13.9. The Hall–Kier alpha value is -6.64. The standard InChI is InChI=1S/C50H52N2O6/c1-37-11-19-45(20-12-37)55-27-7-5-9-29-57-47-23-15-39(16-24-47)43(35-51)31-41-33-50(54-4)42(34-49(41)53-3)32-44(36-52)40-17-25-48(26-18-40)58-30-10-6-8-28-56-46-21-13-38(2)14-22-46/h11-26,31-34H,5-10,27-30H2,1-4H3/b43-31+,44-32+. The van der Waals surface area contributed by atoms with E-state index in [-0.39, 0.29) is 0 Å². The van der Waals surface area contributed by atoms with Crippen LogP contribution < -0.4 is 28.4 Å². The number of nitrogens with zero attached hydrogens (tertiary/aromatic N) is 2. The van der Waals surface area contributed by atoms with Crippen molar-refractivity contribution in [1.82, 2.24) is 0 Å². The highest BCUT2D eigenvalue weighted by Gasteiger charge is 2.13. The molecule has 0 atom stereocenters. The van der Waals surface area contributed by atoms with E-state index in [1.54, 1.807) is 26.4 Å². The molecule has 0 aromatic heterocycles. The molecule has 0 saturated heterocycles. The van der Waals surface area contributed by atoms with Crippen molar-refractivity contribution in [2.45, 2.75) is 52.4 Å². The van der Waals surface area contributed by atoms with Gasteiger partial charge in [-0.15, -0.1) is 0 Å². The maximum Gasteiger partial charge on any atom is 0.126 e. The molecule has 0 heterocycles. The molecule has 8 nitrogen and oxygen atoms in total. The first-order valence-corrected chi connectivity index (χ1v) is 19.7. The number of allylic oxidation sites excluding steroid dienone is 2. The number of methoxy groups -OCH3 is 2. The van der Waals surface area contributed by atoms with Gasteiger partial charge in [0.15, 0.2) is 0 Å². The molecule has 0 saturated carbocycles. The summed E-state index contributed by atoms with van der Waals surface area (Å²) in [6, 6.07) is 39.4. The van der Waals surface area contributed by atoms with Gasteiger partial charge in [0.05, 0.1) is 63.9 Å². The van der Waals surface area contributed by atoms with E-state index in [2.05, 4.69) is 26.0 Å². The van der Waals surface area contributed by atoms with E-state index in [1.807, 2.05) is 109 Å². The minimum absolute atomic E-state index is 0.455. The fraction of sp³-hybridized carbons (Fsp3) is 0.280. The van der Waals surface area contributed by atoms with Gasteiger partial charge in [-0.25, -0.2) is 0 Å². The molecule has 5 aromatic carbocycles. The Morgan fingerprint density at radius 3 is 1.02 bits per heavy atom. The fourth-order valence-corrected chi connectivity index (χ4v) is 6.09. The Kier molecular flexibility index (Phi) is 16.7. The molecule has 58 heavy (non-hydrogen) atoms. The molecule has 0 spiro atoms. The van der Waals surface area contributed by atoms with Crippen molar-refractivity contribution in [3.8, 4) is 46.6 Å². The van der Waals surface area contributed by atoms with Gasteiger partial charge in [0.1, 0.15) is 34.5 Å². The normalized spacial score (nSPS) is 11.3. The molecule has 0 unspecified atom stereocenters. The predicted molar refractivity (Wildman–Crippen MR) is 231 cm³/mol. The van der Waals surface area contributed by atoms with Crippen molar-refractivity contribution >= 4 is 23.3 Å². The number of unbranched alkanes of at least 4 members (excludes halogenated alkanes) is 4. The number of benzene rings is 5. The van der Waals surface area contributed by atoms with Gasteiger partial charge in [0.2, 0.25) is 0 Å². The summed E-state index contributed by atoms with van der Waals surface area (Å²) >= 11 is 0. The van der Waals surface area contributed by atoms with Crippen LogP contribution in [0.2, 0.25) is 0 Å². The van der Waals surface area contributed by atoms with E-state index in [4.69, 9.17) is 28.4 Å². The number of aryl methyl sites for hydroxylation is 2. The fourth-order valence-electron chi connectivity index (χ4n) is 6.09. The van der Waals surface area contributed by atoms with Crippen LogP contribution in [-0.4, -0.2) is 40.6 Å². The van der Waals surface area contributed by atoms with E-state index in [1.165, 1.54) is 11.1 Å². The molecule has 0 bridgehead atoms. The van der Waals surface area contributed by atoms with Crippen LogP contribution in [0.25, 0.3) is 23.3 Å². The number of rotatable bonds is 22. The first-order valence-electron chi connectivity index (χ1n) is 19.7. The van der Waals surface area contributed by atoms with E-state index >= 15 is 0 Å².